The molecule has 0 atom stereocenters. The Labute approximate surface area is 125 Å². The standard InChI is InChI=1S/C16H20ClN3/c1-4-13(5-2)20(3)15-11-14(17)18-16(19-15)12-9-7-6-8-10-12/h6-11,13H,4-5H2,1-3H3. The molecule has 0 aliphatic carbocycles. The predicted molar refractivity (Wildman–Crippen MR) is 85.3 cm³/mol. The lowest BCUT2D eigenvalue weighted by atomic mass is 10.1. The number of halogens is 1. The molecule has 2 rings (SSSR count). The van der Waals surface area contributed by atoms with Crippen molar-refractivity contribution < 1.29 is 0 Å². The molecule has 0 saturated carbocycles. The average Bonchev–Trinajstić information content (AvgIpc) is 2.48. The SMILES string of the molecule is CCC(CC)N(C)c1cc(Cl)nc(-c2ccccc2)n1. The number of hydrogen-bond acceptors (Lipinski definition) is 3. The van der Waals surface area contributed by atoms with Gasteiger partial charge in [-0.15, -0.1) is 0 Å². The highest BCUT2D eigenvalue weighted by molar-refractivity contribution is 6.29. The van der Waals surface area contributed by atoms with Crippen LogP contribution in [0.2, 0.25) is 5.15 Å². The third-order valence-corrected chi connectivity index (χ3v) is 3.76. The number of benzene rings is 1. The van der Waals surface area contributed by atoms with E-state index < -0.39 is 0 Å². The van der Waals surface area contributed by atoms with E-state index in [-0.39, 0.29) is 0 Å². The summed E-state index contributed by atoms with van der Waals surface area (Å²) in [5.74, 6) is 1.54. The van der Waals surface area contributed by atoms with Crippen LogP contribution in [0.25, 0.3) is 11.4 Å². The highest BCUT2D eigenvalue weighted by Crippen LogP contribution is 2.24. The van der Waals surface area contributed by atoms with Crippen molar-refractivity contribution >= 4 is 17.4 Å². The quantitative estimate of drug-likeness (QED) is 0.763. The molecule has 0 fully saturated rings. The topological polar surface area (TPSA) is 29.0 Å². The van der Waals surface area contributed by atoms with Crippen molar-refractivity contribution in [1.29, 1.82) is 0 Å². The highest BCUT2D eigenvalue weighted by atomic mass is 35.5. The van der Waals surface area contributed by atoms with Gasteiger partial charge in [0.15, 0.2) is 5.82 Å². The minimum absolute atomic E-state index is 0.463. The molecule has 3 nitrogen and oxygen atoms in total. The summed E-state index contributed by atoms with van der Waals surface area (Å²) in [6.45, 7) is 4.37. The van der Waals surface area contributed by atoms with E-state index in [1.165, 1.54) is 0 Å². The second-order valence-corrected chi connectivity index (χ2v) is 5.21. The van der Waals surface area contributed by atoms with Crippen LogP contribution in [0.3, 0.4) is 0 Å². The first-order valence-electron chi connectivity index (χ1n) is 6.98. The number of nitrogens with zero attached hydrogens (tertiary/aromatic N) is 3. The van der Waals surface area contributed by atoms with E-state index in [0.717, 1.165) is 24.2 Å². The van der Waals surface area contributed by atoms with Crippen molar-refractivity contribution in [2.45, 2.75) is 32.7 Å². The molecule has 0 spiro atoms. The van der Waals surface area contributed by atoms with Crippen LogP contribution in [0, 0.1) is 0 Å². The van der Waals surface area contributed by atoms with Crippen LogP contribution < -0.4 is 4.90 Å². The number of hydrogen-bond donors (Lipinski definition) is 0. The van der Waals surface area contributed by atoms with E-state index in [0.29, 0.717) is 17.0 Å². The molecule has 2 aromatic rings. The molecule has 0 aliphatic rings. The Morgan fingerprint density at radius 3 is 2.35 bits per heavy atom. The van der Waals surface area contributed by atoms with Crippen molar-refractivity contribution in [3.8, 4) is 11.4 Å². The van der Waals surface area contributed by atoms with Gasteiger partial charge in [0.25, 0.3) is 0 Å². The summed E-state index contributed by atoms with van der Waals surface area (Å²) >= 11 is 6.16. The molecule has 1 heterocycles. The van der Waals surface area contributed by atoms with Gasteiger partial charge < -0.3 is 4.90 Å². The second kappa shape index (κ2) is 6.71. The zero-order chi connectivity index (χ0) is 14.5. The maximum atomic E-state index is 6.16. The van der Waals surface area contributed by atoms with E-state index in [4.69, 9.17) is 11.6 Å². The average molecular weight is 290 g/mol. The Morgan fingerprint density at radius 2 is 1.75 bits per heavy atom. The van der Waals surface area contributed by atoms with Crippen molar-refractivity contribution in [2.75, 3.05) is 11.9 Å². The molecule has 0 saturated heterocycles. The summed E-state index contributed by atoms with van der Waals surface area (Å²) in [5.41, 5.74) is 0.981. The van der Waals surface area contributed by atoms with Gasteiger partial charge in [-0.05, 0) is 12.8 Å². The largest absolute Gasteiger partial charge is 0.357 e. The van der Waals surface area contributed by atoms with Crippen molar-refractivity contribution in [1.82, 2.24) is 9.97 Å². The molecular weight excluding hydrogens is 270 g/mol. The van der Waals surface area contributed by atoms with Gasteiger partial charge in [0, 0.05) is 24.7 Å². The maximum Gasteiger partial charge on any atom is 0.163 e. The number of anilines is 1. The summed E-state index contributed by atoms with van der Waals surface area (Å²) in [4.78, 5) is 11.2. The molecule has 0 radical (unpaired) electrons. The second-order valence-electron chi connectivity index (χ2n) is 4.82. The van der Waals surface area contributed by atoms with Crippen LogP contribution in [0.1, 0.15) is 26.7 Å². The molecule has 0 unspecified atom stereocenters. The fourth-order valence-electron chi connectivity index (χ4n) is 2.33. The van der Waals surface area contributed by atoms with Crippen LogP contribution in [-0.4, -0.2) is 23.1 Å². The van der Waals surface area contributed by atoms with Gasteiger partial charge in [0.1, 0.15) is 11.0 Å². The zero-order valence-corrected chi connectivity index (χ0v) is 12.9. The first-order valence-corrected chi connectivity index (χ1v) is 7.36. The van der Waals surface area contributed by atoms with Gasteiger partial charge in [-0.3, -0.25) is 0 Å². The molecular formula is C16H20ClN3. The van der Waals surface area contributed by atoms with E-state index in [9.17, 15) is 0 Å². The third-order valence-electron chi connectivity index (χ3n) is 3.56. The summed E-state index contributed by atoms with van der Waals surface area (Å²) in [6.07, 6.45) is 2.16. The highest BCUT2D eigenvalue weighted by Gasteiger charge is 2.15. The lowest BCUT2D eigenvalue weighted by Crippen LogP contribution is -2.31. The van der Waals surface area contributed by atoms with Crippen molar-refractivity contribution in [3.63, 3.8) is 0 Å². The Morgan fingerprint density at radius 1 is 1.10 bits per heavy atom. The van der Waals surface area contributed by atoms with E-state index >= 15 is 0 Å². The molecule has 0 N–H and O–H groups in total. The molecule has 4 heteroatoms. The van der Waals surface area contributed by atoms with Gasteiger partial charge >= 0.3 is 0 Å². The van der Waals surface area contributed by atoms with E-state index in [1.54, 1.807) is 0 Å². The van der Waals surface area contributed by atoms with Gasteiger partial charge in [-0.1, -0.05) is 55.8 Å². The predicted octanol–water partition coefficient (Wildman–Crippen LogP) is 4.42. The maximum absolute atomic E-state index is 6.16. The molecule has 1 aromatic carbocycles. The summed E-state index contributed by atoms with van der Waals surface area (Å²) in [5, 5.41) is 0.478. The molecule has 0 amide bonds. The third kappa shape index (κ3) is 3.28. The van der Waals surface area contributed by atoms with Gasteiger partial charge in [0.2, 0.25) is 0 Å². The van der Waals surface area contributed by atoms with Crippen LogP contribution in [0.15, 0.2) is 36.4 Å². The van der Waals surface area contributed by atoms with Gasteiger partial charge in [0.05, 0.1) is 0 Å². The van der Waals surface area contributed by atoms with Crippen LogP contribution in [0.5, 0.6) is 0 Å². The lowest BCUT2D eigenvalue weighted by Gasteiger charge is -2.27. The Balaban J connectivity index is 2.39. The summed E-state index contributed by atoms with van der Waals surface area (Å²) in [7, 11) is 2.06. The van der Waals surface area contributed by atoms with Crippen LogP contribution >= 0.6 is 11.6 Å². The minimum atomic E-state index is 0.463. The van der Waals surface area contributed by atoms with Gasteiger partial charge in [-0.25, -0.2) is 9.97 Å². The monoisotopic (exact) mass is 289 g/mol. The van der Waals surface area contributed by atoms with Crippen LogP contribution in [0.4, 0.5) is 5.82 Å². The summed E-state index contributed by atoms with van der Waals surface area (Å²) < 4.78 is 0. The van der Waals surface area contributed by atoms with Crippen molar-refractivity contribution in [2.24, 2.45) is 0 Å². The fraction of sp³-hybridized carbons (Fsp3) is 0.375. The molecule has 0 aliphatic heterocycles. The minimum Gasteiger partial charge on any atom is -0.357 e. The van der Waals surface area contributed by atoms with E-state index in [2.05, 4.69) is 35.8 Å². The molecule has 20 heavy (non-hydrogen) atoms. The zero-order valence-electron chi connectivity index (χ0n) is 12.2. The Bertz CT molecular complexity index is 553. The fourth-order valence-corrected chi connectivity index (χ4v) is 2.50. The Hall–Kier alpha value is -1.61. The lowest BCUT2D eigenvalue weighted by molar-refractivity contribution is 0.586. The molecule has 0 bridgehead atoms. The number of aromatic nitrogens is 2. The normalized spacial score (nSPS) is 10.8. The molecule has 106 valence electrons. The smallest absolute Gasteiger partial charge is 0.163 e. The molecule has 1 aromatic heterocycles. The first kappa shape index (κ1) is 14.8. The summed E-state index contributed by atoms with van der Waals surface area (Å²) in [6, 6.07) is 12.2. The van der Waals surface area contributed by atoms with E-state index in [1.807, 2.05) is 36.4 Å². The van der Waals surface area contributed by atoms with Crippen LogP contribution in [-0.2, 0) is 0 Å². The Kier molecular flexibility index (Phi) is 4.96. The first-order chi connectivity index (χ1) is 9.65. The number of rotatable bonds is 5. The van der Waals surface area contributed by atoms with Gasteiger partial charge in [-0.2, -0.15) is 0 Å². The van der Waals surface area contributed by atoms with Crippen molar-refractivity contribution in [3.05, 3.63) is 41.6 Å².